The second kappa shape index (κ2) is 7.80. The lowest BCUT2D eigenvalue weighted by Gasteiger charge is -2.26. The smallest absolute Gasteiger partial charge is 0.295 e. The number of likely N-dealkylation sites (N-methyl/N-ethyl adjacent to an activating group) is 1. The zero-order valence-electron chi connectivity index (χ0n) is 17.3. The molecule has 0 radical (unpaired) electrons. The molecule has 154 valence electrons. The van der Waals surface area contributed by atoms with Crippen molar-refractivity contribution < 1.29 is 14.7 Å². The summed E-state index contributed by atoms with van der Waals surface area (Å²) in [6.45, 7) is 2.97. The number of Topliss-reactive ketones (excluding diaryl/α,β-unsaturated/α-hetero) is 1. The summed E-state index contributed by atoms with van der Waals surface area (Å²) in [5.74, 6) is -1.38. The highest BCUT2D eigenvalue weighted by Gasteiger charge is 2.46. The van der Waals surface area contributed by atoms with E-state index in [4.69, 9.17) is 0 Å². The molecule has 1 unspecified atom stereocenters. The maximum atomic E-state index is 13.1. The Morgan fingerprint density at radius 3 is 2.63 bits per heavy atom. The fraction of sp³-hybridized carbons (Fsp3) is 0.250. The SMILES string of the molecule is Cc1cccc(C2/C(=C(/O)c3c[nH]c4ccccc34)C(=O)C(=O)N2CCN(C)C)c1. The fourth-order valence-electron chi connectivity index (χ4n) is 4.02. The number of aliphatic hydroxyl groups is 1. The van der Waals surface area contributed by atoms with Gasteiger partial charge >= 0.3 is 0 Å². The summed E-state index contributed by atoms with van der Waals surface area (Å²) in [6.07, 6.45) is 1.68. The molecule has 0 aliphatic carbocycles. The zero-order chi connectivity index (χ0) is 21.4. The number of aryl methyl sites for hydroxylation is 1. The van der Waals surface area contributed by atoms with Crippen molar-refractivity contribution in [2.45, 2.75) is 13.0 Å². The van der Waals surface area contributed by atoms with Gasteiger partial charge in [0, 0.05) is 35.8 Å². The quantitative estimate of drug-likeness (QED) is 0.389. The Morgan fingerprint density at radius 1 is 1.13 bits per heavy atom. The van der Waals surface area contributed by atoms with Crippen LogP contribution in [0, 0.1) is 6.92 Å². The summed E-state index contributed by atoms with van der Waals surface area (Å²) < 4.78 is 0. The van der Waals surface area contributed by atoms with Gasteiger partial charge in [0.25, 0.3) is 11.7 Å². The van der Waals surface area contributed by atoms with Gasteiger partial charge in [-0.3, -0.25) is 9.59 Å². The Balaban J connectivity index is 1.90. The summed E-state index contributed by atoms with van der Waals surface area (Å²) in [5, 5.41) is 12.0. The molecule has 0 spiro atoms. The number of nitrogens with zero attached hydrogens (tertiary/aromatic N) is 2. The molecule has 3 aromatic rings. The average Bonchev–Trinajstić information content (AvgIpc) is 3.26. The Bertz CT molecular complexity index is 1160. The monoisotopic (exact) mass is 403 g/mol. The van der Waals surface area contributed by atoms with Crippen LogP contribution in [0.4, 0.5) is 0 Å². The van der Waals surface area contributed by atoms with Crippen LogP contribution in [-0.4, -0.2) is 58.8 Å². The van der Waals surface area contributed by atoms with Crippen LogP contribution in [0.25, 0.3) is 16.7 Å². The van der Waals surface area contributed by atoms with Crippen LogP contribution >= 0.6 is 0 Å². The number of H-pyrrole nitrogens is 1. The number of hydrogen-bond acceptors (Lipinski definition) is 4. The van der Waals surface area contributed by atoms with Crippen molar-refractivity contribution in [3.05, 3.63) is 77.0 Å². The Kier molecular flexibility index (Phi) is 5.18. The molecule has 2 aromatic carbocycles. The lowest BCUT2D eigenvalue weighted by atomic mass is 9.94. The molecule has 30 heavy (non-hydrogen) atoms. The fourth-order valence-corrected chi connectivity index (χ4v) is 4.02. The average molecular weight is 403 g/mol. The molecule has 6 nitrogen and oxygen atoms in total. The number of benzene rings is 2. The maximum Gasteiger partial charge on any atom is 0.295 e. The third-order valence-electron chi connectivity index (χ3n) is 5.53. The minimum atomic E-state index is -0.650. The van der Waals surface area contributed by atoms with E-state index in [9.17, 15) is 14.7 Å². The van der Waals surface area contributed by atoms with E-state index in [1.54, 1.807) is 11.1 Å². The summed E-state index contributed by atoms with van der Waals surface area (Å²) in [4.78, 5) is 32.7. The highest BCUT2D eigenvalue weighted by Crippen LogP contribution is 2.40. The number of ketones is 1. The molecule has 1 aliphatic rings. The first-order valence-corrected chi connectivity index (χ1v) is 9.94. The number of amides is 1. The number of aliphatic hydroxyl groups excluding tert-OH is 1. The summed E-state index contributed by atoms with van der Waals surface area (Å²) in [6, 6.07) is 14.7. The molecule has 1 aromatic heterocycles. The van der Waals surface area contributed by atoms with Crippen molar-refractivity contribution in [1.29, 1.82) is 0 Å². The molecule has 0 bridgehead atoms. The molecule has 2 N–H and O–H groups in total. The van der Waals surface area contributed by atoms with Crippen LogP contribution in [0.15, 0.2) is 60.3 Å². The van der Waals surface area contributed by atoms with E-state index in [0.717, 1.165) is 22.0 Å². The second-order valence-electron chi connectivity index (χ2n) is 7.96. The second-order valence-corrected chi connectivity index (χ2v) is 7.96. The van der Waals surface area contributed by atoms with Gasteiger partial charge in [-0.05, 0) is 32.6 Å². The summed E-state index contributed by atoms with van der Waals surface area (Å²) in [5.41, 5.74) is 3.35. The van der Waals surface area contributed by atoms with Gasteiger partial charge < -0.3 is 19.9 Å². The zero-order valence-corrected chi connectivity index (χ0v) is 17.3. The predicted molar refractivity (Wildman–Crippen MR) is 117 cm³/mol. The molecule has 1 amide bonds. The van der Waals surface area contributed by atoms with Crippen LogP contribution in [0.5, 0.6) is 0 Å². The molecule has 1 saturated heterocycles. The Morgan fingerprint density at radius 2 is 1.90 bits per heavy atom. The van der Waals surface area contributed by atoms with Crippen molar-refractivity contribution >= 4 is 28.4 Å². The number of hydrogen-bond donors (Lipinski definition) is 2. The normalized spacial score (nSPS) is 18.7. The first-order valence-electron chi connectivity index (χ1n) is 9.94. The third-order valence-corrected chi connectivity index (χ3v) is 5.53. The minimum Gasteiger partial charge on any atom is -0.507 e. The lowest BCUT2D eigenvalue weighted by molar-refractivity contribution is -0.140. The number of rotatable bonds is 5. The molecule has 1 fully saturated rings. The third kappa shape index (κ3) is 3.39. The van der Waals surface area contributed by atoms with E-state index in [2.05, 4.69) is 4.98 Å². The number of likely N-dealkylation sites (tertiary alicyclic amines) is 1. The number of carbonyl (C=O) groups is 2. The molecule has 2 heterocycles. The highest BCUT2D eigenvalue weighted by molar-refractivity contribution is 6.46. The molecule has 0 saturated carbocycles. The summed E-state index contributed by atoms with van der Waals surface area (Å²) >= 11 is 0. The minimum absolute atomic E-state index is 0.133. The molecular formula is C24H25N3O3. The number of fused-ring (bicyclic) bond motifs is 1. The van der Waals surface area contributed by atoms with Crippen molar-refractivity contribution in [1.82, 2.24) is 14.8 Å². The van der Waals surface area contributed by atoms with Gasteiger partial charge in [-0.1, -0.05) is 48.0 Å². The predicted octanol–water partition coefficient (Wildman–Crippen LogP) is 3.46. The molecule has 4 rings (SSSR count). The summed E-state index contributed by atoms with van der Waals surface area (Å²) in [7, 11) is 3.84. The van der Waals surface area contributed by atoms with E-state index >= 15 is 0 Å². The van der Waals surface area contributed by atoms with Crippen LogP contribution < -0.4 is 0 Å². The number of aromatic nitrogens is 1. The van der Waals surface area contributed by atoms with Crippen LogP contribution in [0.2, 0.25) is 0 Å². The topological polar surface area (TPSA) is 76.6 Å². The van der Waals surface area contributed by atoms with E-state index in [1.165, 1.54) is 0 Å². The molecule has 1 aliphatic heterocycles. The highest BCUT2D eigenvalue weighted by atomic mass is 16.3. The van der Waals surface area contributed by atoms with E-state index in [1.807, 2.05) is 74.4 Å². The van der Waals surface area contributed by atoms with Gasteiger partial charge in [0.05, 0.1) is 11.6 Å². The van der Waals surface area contributed by atoms with Gasteiger partial charge in [0.2, 0.25) is 0 Å². The number of aromatic amines is 1. The largest absolute Gasteiger partial charge is 0.507 e. The van der Waals surface area contributed by atoms with Gasteiger partial charge in [0.15, 0.2) is 0 Å². The van der Waals surface area contributed by atoms with Gasteiger partial charge in [-0.25, -0.2) is 0 Å². The number of nitrogens with one attached hydrogen (secondary N) is 1. The van der Waals surface area contributed by atoms with Gasteiger partial charge in [-0.2, -0.15) is 0 Å². The molecular weight excluding hydrogens is 378 g/mol. The van der Waals surface area contributed by atoms with E-state index in [-0.39, 0.29) is 11.3 Å². The Labute approximate surface area is 175 Å². The Hall–Kier alpha value is -3.38. The van der Waals surface area contributed by atoms with E-state index in [0.29, 0.717) is 18.7 Å². The van der Waals surface area contributed by atoms with E-state index < -0.39 is 17.7 Å². The van der Waals surface area contributed by atoms with Crippen molar-refractivity contribution in [3.63, 3.8) is 0 Å². The number of carbonyl (C=O) groups excluding carboxylic acids is 2. The molecule has 6 heteroatoms. The van der Waals surface area contributed by atoms with Crippen molar-refractivity contribution in [2.24, 2.45) is 0 Å². The standard InChI is InChI=1S/C24H25N3O3/c1-15-7-6-8-16(13-15)21-20(23(29)24(30)27(21)12-11-26(2)3)22(28)18-14-25-19-10-5-4-9-17(18)19/h4-10,13-14,21,25,28H,11-12H2,1-3H3/b22-20-. The number of para-hydroxylation sites is 1. The van der Waals surface area contributed by atoms with Crippen molar-refractivity contribution in [2.75, 3.05) is 27.2 Å². The van der Waals surface area contributed by atoms with Gasteiger partial charge in [-0.15, -0.1) is 0 Å². The van der Waals surface area contributed by atoms with Crippen molar-refractivity contribution in [3.8, 4) is 0 Å². The first kappa shape index (κ1) is 19.9. The lowest BCUT2D eigenvalue weighted by Crippen LogP contribution is -2.35. The van der Waals surface area contributed by atoms with Crippen LogP contribution in [0.3, 0.4) is 0 Å². The molecule has 1 atom stereocenters. The van der Waals surface area contributed by atoms with Gasteiger partial charge in [0.1, 0.15) is 5.76 Å². The van der Waals surface area contributed by atoms with Crippen LogP contribution in [-0.2, 0) is 9.59 Å². The first-order chi connectivity index (χ1) is 14.4. The maximum absolute atomic E-state index is 13.1. The van der Waals surface area contributed by atoms with Crippen LogP contribution in [0.1, 0.15) is 22.7 Å².